The number of aromatic amines is 4. The third-order valence-corrected chi connectivity index (χ3v) is 2.36. The van der Waals surface area contributed by atoms with Crippen LogP contribution in [-0.4, -0.2) is 60.6 Å². The molecule has 2 rings (SSSR count). The molecule has 112 valence electrons. The van der Waals surface area contributed by atoms with Crippen LogP contribution in [0.5, 0.6) is 0 Å². The predicted molar refractivity (Wildman–Crippen MR) is 68.3 cm³/mol. The highest BCUT2D eigenvalue weighted by molar-refractivity contribution is 5.67. The van der Waals surface area contributed by atoms with Crippen LogP contribution >= 0.6 is 0 Å². The summed E-state index contributed by atoms with van der Waals surface area (Å²) in [7, 11) is 0. The van der Waals surface area contributed by atoms with E-state index in [4.69, 9.17) is 21.1 Å². The summed E-state index contributed by atoms with van der Waals surface area (Å²) in [6.07, 6.45) is 0. The van der Waals surface area contributed by atoms with Crippen LogP contribution in [0, 0.1) is 0 Å². The van der Waals surface area contributed by atoms with Crippen molar-refractivity contribution < 1.29 is 15.3 Å². The fourth-order valence-corrected chi connectivity index (χ4v) is 1.11. The first-order valence-corrected chi connectivity index (χ1v) is 5.41. The minimum absolute atomic E-state index is 0.0413. The molecule has 0 aliphatic heterocycles. The van der Waals surface area contributed by atoms with E-state index >= 15 is 0 Å². The highest BCUT2D eigenvalue weighted by atomic mass is 16.3. The molecule has 0 aliphatic rings. The van der Waals surface area contributed by atoms with Gasteiger partial charge in [-0.1, -0.05) is 0 Å². The topological polar surface area (TPSA) is 201 Å². The molecule has 0 spiro atoms. The van der Waals surface area contributed by atoms with E-state index in [9.17, 15) is 14.4 Å². The lowest BCUT2D eigenvalue weighted by Crippen LogP contribution is -2.50. The standard InChI is InChI=1S/C5H4N4O3.C4H11NO3/c10-3-1-2(7-4(11)6-1)8-5(12)9-3;5-4(1-6,2-7)3-8/h(H4,6,7,8,9,10,11,12);6-8H,1-3,5H2. The van der Waals surface area contributed by atoms with Crippen LogP contribution < -0.4 is 22.7 Å². The van der Waals surface area contributed by atoms with Gasteiger partial charge in [-0.2, -0.15) is 0 Å². The zero-order valence-corrected chi connectivity index (χ0v) is 10.3. The van der Waals surface area contributed by atoms with Gasteiger partial charge in [-0.3, -0.25) is 24.7 Å². The third-order valence-electron chi connectivity index (χ3n) is 2.36. The van der Waals surface area contributed by atoms with Crippen LogP contribution in [0.3, 0.4) is 0 Å². The number of aliphatic hydroxyl groups excluding tert-OH is 3. The Morgan fingerprint density at radius 2 is 1.30 bits per heavy atom. The van der Waals surface area contributed by atoms with E-state index < -0.39 is 42.3 Å². The van der Waals surface area contributed by atoms with E-state index in [-0.39, 0.29) is 11.2 Å². The molecule has 0 saturated carbocycles. The van der Waals surface area contributed by atoms with E-state index in [0.29, 0.717) is 0 Å². The van der Waals surface area contributed by atoms with Crippen molar-refractivity contribution in [1.29, 1.82) is 0 Å². The van der Waals surface area contributed by atoms with Gasteiger partial charge in [0.25, 0.3) is 5.56 Å². The van der Waals surface area contributed by atoms with Gasteiger partial charge in [0.2, 0.25) is 0 Å². The second kappa shape index (κ2) is 6.29. The maximum atomic E-state index is 10.9. The smallest absolute Gasteiger partial charge is 0.327 e. The molecule has 0 fully saturated rings. The largest absolute Gasteiger partial charge is 0.394 e. The minimum Gasteiger partial charge on any atom is -0.394 e. The zero-order chi connectivity index (χ0) is 15.3. The van der Waals surface area contributed by atoms with Crippen molar-refractivity contribution in [2.75, 3.05) is 19.8 Å². The zero-order valence-electron chi connectivity index (χ0n) is 10.3. The van der Waals surface area contributed by atoms with Crippen molar-refractivity contribution in [2.24, 2.45) is 5.73 Å². The molecule has 2 heterocycles. The molecular weight excluding hydrogens is 274 g/mol. The number of fused-ring (bicyclic) bond motifs is 1. The number of rotatable bonds is 3. The number of aliphatic hydroxyl groups is 3. The number of nitrogens with two attached hydrogens (primary N) is 1. The van der Waals surface area contributed by atoms with Gasteiger partial charge in [0.1, 0.15) is 11.2 Å². The van der Waals surface area contributed by atoms with Crippen molar-refractivity contribution >= 4 is 11.2 Å². The molecule has 0 saturated heterocycles. The summed E-state index contributed by atoms with van der Waals surface area (Å²) in [4.78, 5) is 41.0. The van der Waals surface area contributed by atoms with Gasteiger partial charge in [-0.15, -0.1) is 0 Å². The van der Waals surface area contributed by atoms with E-state index in [1.807, 2.05) is 4.98 Å². The average molecular weight is 289 g/mol. The molecule has 0 aromatic carbocycles. The SMILES string of the molecule is NC(CO)(CO)CO.O=c1[nH]c(=O)c2[nH]c(=O)[nH]c2[nH]1. The monoisotopic (exact) mass is 289 g/mol. The maximum Gasteiger partial charge on any atom is 0.327 e. The van der Waals surface area contributed by atoms with Crippen molar-refractivity contribution in [3.05, 3.63) is 31.3 Å². The molecule has 9 N–H and O–H groups in total. The molecule has 0 unspecified atom stereocenters. The molecule has 11 nitrogen and oxygen atoms in total. The highest BCUT2D eigenvalue weighted by Gasteiger charge is 2.20. The quantitative estimate of drug-likeness (QED) is 0.280. The average Bonchev–Trinajstić information content (AvgIpc) is 2.79. The summed E-state index contributed by atoms with van der Waals surface area (Å²) in [5.41, 5.74) is 2.29. The van der Waals surface area contributed by atoms with Crippen molar-refractivity contribution in [3.63, 3.8) is 0 Å². The molecule has 0 atom stereocenters. The Bertz CT molecular complexity index is 712. The normalized spacial score (nSPS) is 11.2. The number of hydrogen-bond donors (Lipinski definition) is 8. The van der Waals surface area contributed by atoms with E-state index in [2.05, 4.69) is 15.0 Å². The second-order valence-electron chi connectivity index (χ2n) is 4.07. The number of hydrogen-bond acceptors (Lipinski definition) is 7. The van der Waals surface area contributed by atoms with Crippen LogP contribution in [0.2, 0.25) is 0 Å². The van der Waals surface area contributed by atoms with Gasteiger partial charge in [0, 0.05) is 0 Å². The summed E-state index contributed by atoms with van der Waals surface area (Å²) < 4.78 is 0. The van der Waals surface area contributed by atoms with Crippen molar-refractivity contribution in [2.45, 2.75) is 5.54 Å². The molecule has 0 aliphatic carbocycles. The van der Waals surface area contributed by atoms with Crippen LogP contribution in [0.15, 0.2) is 14.4 Å². The first-order valence-electron chi connectivity index (χ1n) is 5.41. The Morgan fingerprint density at radius 3 is 1.70 bits per heavy atom. The van der Waals surface area contributed by atoms with E-state index in [1.165, 1.54) is 0 Å². The Hall–Kier alpha value is -2.21. The molecule has 0 amide bonds. The Kier molecular flexibility index (Phi) is 4.99. The Labute approximate surface area is 110 Å². The summed E-state index contributed by atoms with van der Waals surface area (Å²) in [5.74, 6) is 0. The number of aromatic nitrogens is 4. The van der Waals surface area contributed by atoms with Crippen LogP contribution in [0.4, 0.5) is 0 Å². The van der Waals surface area contributed by atoms with Gasteiger partial charge >= 0.3 is 11.4 Å². The Morgan fingerprint density at radius 1 is 0.850 bits per heavy atom. The van der Waals surface area contributed by atoms with Crippen LogP contribution in [0.25, 0.3) is 11.2 Å². The Balaban J connectivity index is 0.000000221. The van der Waals surface area contributed by atoms with Gasteiger partial charge in [-0.05, 0) is 0 Å². The van der Waals surface area contributed by atoms with Crippen LogP contribution in [-0.2, 0) is 0 Å². The summed E-state index contributed by atoms with van der Waals surface area (Å²) in [6.45, 7) is -1.21. The van der Waals surface area contributed by atoms with Gasteiger partial charge in [0.15, 0.2) is 0 Å². The summed E-state index contributed by atoms with van der Waals surface area (Å²) >= 11 is 0. The number of imidazole rings is 1. The second-order valence-corrected chi connectivity index (χ2v) is 4.07. The van der Waals surface area contributed by atoms with E-state index in [1.54, 1.807) is 0 Å². The first kappa shape index (κ1) is 15.8. The fraction of sp³-hybridized carbons (Fsp3) is 0.444. The van der Waals surface area contributed by atoms with Crippen molar-refractivity contribution in [1.82, 2.24) is 19.9 Å². The van der Waals surface area contributed by atoms with Gasteiger partial charge in [0.05, 0.1) is 25.4 Å². The van der Waals surface area contributed by atoms with Crippen LogP contribution in [0.1, 0.15) is 0 Å². The lowest BCUT2D eigenvalue weighted by molar-refractivity contribution is 0.0698. The highest BCUT2D eigenvalue weighted by Crippen LogP contribution is 1.93. The van der Waals surface area contributed by atoms with Gasteiger partial charge in [-0.25, -0.2) is 9.59 Å². The molecule has 11 heteroatoms. The minimum atomic E-state index is -1.21. The molecule has 2 aromatic heterocycles. The van der Waals surface area contributed by atoms with E-state index in [0.717, 1.165) is 0 Å². The molecule has 2 aromatic rings. The number of H-pyrrole nitrogens is 4. The molecule has 0 bridgehead atoms. The van der Waals surface area contributed by atoms with Gasteiger partial charge < -0.3 is 21.1 Å². The fourth-order valence-electron chi connectivity index (χ4n) is 1.11. The molecule has 0 radical (unpaired) electrons. The van der Waals surface area contributed by atoms with Crippen molar-refractivity contribution in [3.8, 4) is 0 Å². The lowest BCUT2D eigenvalue weighted by Gasteiger charge is -2.20. The lowest BCUT2D eigenvalue weighted by atomic mass is 10.1. The number of nitrogens with one attached hydrogen (secondary N) is 4. The maximum absolute atomic E-state index is 10.9. The molecular formula is C9H15N5O6. The first-order chi connectivity index (χ1) is 9.35. The molecule has 20 heavy (non-hydrogen) atoms. The summed E-state index contributed by atoms with van der Waals surface area (Å²) in [5, 5.41) is 25.0. The summed E-state index contributed by atoms with van der Waals surface area (Å²) in [6, 6.07) is 0. The third kappa shape index (κ3) is 3.64. The predicted octanol–water partition coefficient (Wildman–Crippen LogP) is -4.11.